The molecule has 6 rings (SSSR count). The number of anilines is 4. The Bertz CT molecular complexity index is 1930. The normalized spacial score (nSPS) is 14.5. The van der Waals surface area contributed by atoms with E-state index in [2.05, 4.69) is 20.4 Å². The molecule has 248 valence electrons. The molecule has 5 aromatic rings. The minimum Gasteiger partial charge on any atom is -0.494 e. The predicted molar refractivity (Wildman–Crippen MR) is 171 cm³/mol. The number of fused-ring (bicyclic) bond motifs is 1. The molecule has 0 saturated carbocycles. The first-order valence-electron chi connectivity index (χ1n) is 15.1. The molecule has 1 fully saturated rings. The zero-order chi connectivity index (χ0) is 33.6. The number of halogens is 2. The van der Waals surface area contributed by atoms with Gasteiger partial charge in [-0.15, -0.1) is 0 Å². The zero-order valence-corrected chi connectivity index (χ0v) is 25.8. The van der Waals surface area contributed by atoms with Crippen LogP contribution in [0.3, 0.4) is 0 Å². The molecule has 15 heteroatoms. The van der Waals surface area contributed by atoms with Gasteiger partial charge in [-0.1, -0.05) is 24.3 Å². The largest absolute Gasteiger partial charge is 0.494 e. The van der Waals surface area contributed by atoms with E-state index in [4.69, 9.17) is 14.2 Å². The predicted octanol–water partition coefficient (Wildman–Crippen LogP) is 5.37. The first kappa shape index (κ1) is 32.1. The molecule has 1 saturated heterocycles. The van der Waals surface area contributed by atoms with Crippen LogP contribution < -0.4 is 19.7 Å². The molecule has 0 spiro atoms. The van der Waals surface area contributed by atoms with E-state index in [1.165, 1.54) is 34.2 Å². The van der Waals surface area contributed by atoms with Crippen molar-refractivity contribution in [2.75, 3.05) is 43.2 Å². The summed E-state index contributed by atoms with van der Waals surface area (Å²) >= 11 is 0. The first-order valence-corrected chi connectivity index (χ1v) is 15.1. The number of morpholine rings is 1. The van der Waals surface area contributed by atoms with E-state index in [-0.39, 0.29) is 32.0 Å². The standard InChI is InChI=1S/C33H31F2N7O6/c1-2-47-24-13-27-30(28(14-24)48-19-23-18-46-12-11-41(23)33(44)45)32(37-20-36-27)42(21-7-4-3-5-8-21)22-15-38-40(16-22)17-29(43)39-26-10-6-9-25(34)31(26)35/h3-10,13-16,20,23H,2,11-12,17-19H2,1H3,(H,39,43)(H,44,45)/t23-/m1/s1. The van der Waals surface area contributed by atoms with Gasteiger partial charge in [0.15, 0.2) is 17.5 Å². The van der Waals surface area contributed by atoms with Crippen LogP contribution in [0, 0.1) is 11.6 Å². The maximum absolute atomic E-state index is 14.1. The number of carbonyl (C=O) groups is 2. The summed E-state index contributed by atoms with van der Waals surface area (Å²) in [6.45, 7) is 2.64. The molecule has 13 nitrogen and oxygen atoms in total. The van der Waals surface area contributed by atoms with Crippen molar-refractivity contribution in [3.63, 3.8) is 0 Å². The molecule has 0 bridgehead atoms. The van der Waals surface area contributed by atoms with Gasteiger partial charge in [-0.05, 0) is 31.2 Å². The number of nitrogens with zero attached hydrogens (tertiary/aromatic N) is 6. The topological polar surface area (TPSA) is 144 Å². The smallest absolute Gasteiger partial charge is 0.407 e. The molecular formula is C33H31F2N7O6. The summed E-state index contributed by atoms with van der Waals surface area (Å²) in [5.74, 6) is -1.59. The number of para-hydroxylation sites is 1. The minimum absolute atomic E-state index is 0.00436. The Kier molecular flexibility index (Phi) is 9.57. The fourth-order valence-electron chi connectivity index (χ4n) is 5.34. The number of ether oxygens (including phenoxy) is 3. The molecule has 1 aliphatic heterocycles. The summed E-state index contributed by atoms with van der Waals surface area (Å²) in [4.78, 5) is 36.9. The Morgan fingerprint density at radius 2 is 1.92 bits per heavy atom. The van der Waals surface area contributed by atoms with Gasteiger partial charge < -0.3 is 24.6 Å². The second-order valence-corrected chi connectivity index (χ2v) is 10.7. The third-order valence-corrected chi connectivity index (χ3v) is 7.51. The second kappa shape index (κ2) is 14.3. The van der Waals surface area contributed by atoms with Gasteiger partial charge in [0.05, 0.1) is 54.3 Å². The highest BCUT2D eigenvalue weighted by Crippen LogP contribution is 2.42. The van der Waals surface area contributed by atoms with Crippen molar-refractivity contribution in [1.82, 2.24) is 24.6 Å². The lowest BCUT2D eigenvalue weighted by atomic mass is 10.1. The Hall–Kier alpha value is -5.83. The lowest BCUT2D eigenvalue weighted by Gasteiger charge is -2.33. The summed E-state index contributed by atoms with van der Waals surface area (Å²) in [7, 11) is 0. The number of hydrogen-bond acceptors (Lipinski definition) is 9. The van der Waals surface area contributed by atoms with Crippen molar-refractivity contribution in [2.45, 2.75) is 19.5 Å². The molecule has 2 aromatic heterocycles. The van der Waals surface area contributed by atoms with E-state index in [1.807, 2.05) is 37.3 Å². The van der Waals surface area contributed by atoms with Gasteiger partial charge in [0.25, 0.3) is 0 Å². The molecule has 3 heterocycles. The van der Waals surface area contributed by atoms with Crippen LogP contribution >= 0.6 is 0 Å². The van der Waals surface area contributed by atoms with Gasteiger partial charge in [0.2, 0.25) is 5.91 Å². The molecule has 3 aromatic carbocycles. The number of aromatic nitrogens is 4. The molecule has 2 amide bonds. The SMILES string of the molecule is CCOc1cc(OC[C@H]2COCCN2C(=O)O)c2c(N(c3ccccc3)c3cnn(CC(=O)Nc4cccc(F)c4F)c3)ncnc2c1. The van der Waals surface area contributed by atoms with Crippen LogP contribution in [-0.4, -0.2) is 80.8 Å². The zero-order valence-electron chi connectivity index (χ0n) is 25.8. The molecule has 0 aliphatic carbocycles. The van der Waals surface area contributed by atoms with Gasteiger partial charge in [0, 0.05) is 30.6 Å². The Labute approximate surface area is 273 Å². The number of hydrogen-bond donors (Lipinski definition) is 2. The average Bonchev–Trinajstić information content (AvgIpc) is 3.54. The van der Waals surface area contributed by atoms with Crippen LogP contribution in [0.5, 0.6) is 11.5 Å². The monoisotopic (exact) mass is 659 g/mol. The van der Waals surface area contributed by atoms with Gasteiger partial charge in [-0.2, -0.15) is 5.10 Å². The van der Waals surface area contributed by atoms with Crippen LogP contribution in [0.2, 0.25) is 0 Å². The number of carboxylic acid groups (broad SMARTS) is 1. The van der Waals surface area contributed by atoms with Crippen LogP contribution in [-0.2, 0) is 16.1 Å². The summed E-state index contributed by atoms with van der Waals surface area (Å²) in [5.41, 5.74) is 1.43. The van der Waals surface area contributed by atoms with Crippen LogP contribution in [0.4, 0.5) is 36.5 Å². The summed E-state index contributed by atoms with van der Waals surface area (Å²) in [5, 5.41) is 17.0. The maximum Gasteiger partial charge on any atom is 0.407 e. The summed E-state index contributed by atoms with van der Waals surface area (Å²) in [6.07, 6.45) is 3.49. The molecule has 48 heavy (non-hydrogen) atoms. The summed E-state index contributed by atoms with van der Waals surface area (Å²) in [6, 6.07) is 15.7. The van der Waals surface area contributed by atoms with Crippen LogP contribution in [0.1, 0.15) is 6.92 Å². The van der Waals surface area contributed by atoms with Gasteiger partial charge >= 0.3 is 6.09 Å². The highest BCUT2D eigenvalue weighted by Gasteiger charge is 2.29. The van der Waals surface area contributed by atoms with Gasteiger partial charge in [-0.25, -0.2) is 23.5 Å². The number of rotatable bonds is 11. The van der Waals surface area contributed by atoms with Crippen molar-refractivity contribution in [3.05, 3.63) is 91.0 Å². The molecular weight excluding hydrogens is 628 g/mol. The number of benzene rings is 3. The Morgan fingerprint density at radius 3 is 2.71 bits per heavy atom. The lowest BCUT2D eigenvalue weighted by molar-refractivity contribution is -0.116. The van der Waals surface area contributed by atoms with E-state index in [0.717, 1.165) is 6.07 Å². The van der Waals surface area contributed by atoms with E-state index >= 15 is 0 Å². The Morgan fingerprint density at radius 1 is 1.08 bits per heavy atom. The summed E-state index contributed by atoms with van der Waals surface area (Å²) < 4.78 is 46.8. The molecule has 1 atom stereocenters. The average molecular weight is 660 g/mol. The molecule has 0 unspecified atom stereocenters. The van der Waals surface area contributed by atoms with Crippen LogP contribution in [0.25, 0.3) is 10.9 Å². The number of nitrogens with one attached hydrogen (secondary N) is 1. The van der Waals surface area contributed by atoms with Crippen molar-refractivity contribution >= 4 is 45.8 Å². The molecule has 1 aliphatic rings. The third kappa shape index (κ3) is 6.95. The third-order valence-electron chi connectivity index (χ3n) is 7.51. The first-order chi connectivity index (χ1) is 23.3. The molecule has 0 radical (unpaired) electrons. The highest BCUT2D eigenvalue weighted by atomic mass is 19.2. The van der Waals surface area contributed by atoms with E-state index in [9.17, 15) is 23.5 Å². The maximum atomic E-state index is 14.1. The van der Waals surface area contributed by atoms with Crippen LogP contribution in [0.15, 0.2) is 79.4 Å². The number of amides is 2. The fraction of sp³-hybridized carbons (Fsp3) is 0.242. The van der Waals surface area contributed by atoms with Crippen molar-refractivity contribution in [1.29, 1.82) is 0 Å². The van der Waals surface area contributed by atoms with Gasteiger partial charge in [0.1, 0.15) is 31.0 Å². The number of carbonyl (C=O) groups excluding carboxylic acids is 1. The van der Waals surface area contributed by atoms with Crippen molar-refractivity contribution in [2.24, 2.45) is 0 Å². The highest BCUT2D eigenvalue weighted by molar-refractivity contribution is 5.99. The minimum atomic E-state index is -1.16. The van der Waals surface area contributed by atoms with E-state index in [1.54, 1.807) is 23.2 Å². The lowest BCUT2D eigenvalue weighted by Crippen LogP contribution is -2.50. The van der Waals surface area contributed by atoms with E-state index in [0.29, 0.717) is 52.8 Å². The van der Waals surface area contributed by atoms with Gasteiger partial charge in [-0.3, -0.25) is 19.3 Å². The molecule has 2 N–H and O–H groups in total. The van der Waals surface area contributed by atoms with E-state index < -0.39 is 29.7 Å². The van der Waals surface area contributed by atoms with Crippen molar-refractivity contribution < 1.29 is 37.7 Å². The quantitative estimate of drug-likeness (QED) is 0.190. The fourth-order valence-corrected chi connectivity index (χ4v) is 5.34. The second-order valence-electron chi connectivity index (χ2n) is 10.7. The Balaban J connectivity index is 1.37. The van der Waals surface area contributed by atoms with Crippen molar-refractivity contribution in [3.8, 4) is 11.5 Å².